The molecule has 1 rings (SSSR count). The van der Waals surface area contributed by atoms with Gasteiger partial charge in [-0.3, -0.25) is 4.99 Å². The molecule has 0 unspecified atom stereocenters. The Bertz CT molecular complexity index is 490. The molecule has 1 aromatic carbocycles. The molecule has 1 nitrogen and oxygen atoms in total. The van der Waals surface area contributed by atoms with Gasteiger partial charge in [0.2, 0.25) is 0 Å². The highest BCUT2D eigenvalue weighted by molar-refractivity contribution is 9.10. The van der Waals surface area contributed by atoms with Crippen LogP contribution in [0.4, 0.5) is 18.9 Å². The highest BCUT2D eigenvalue weighted by atomic mass is 79.9. The third kappa shape index (κ3) is 3.70. The van der Waals surface area contributed by atoms with E-state index in [2.05, 4.69) is 27.5 Å². The van der Waals surface area contributed by atoms with Crippen molar-refractivity contribution in [1.29, 1.82) is 0 Å². The van der Waals surface area contributed by atoms with Crippen LogP contribution in [-0.4, -0.2) is 6.21 Å². The van der Waals surface area contributed by atoms with Gasteiger partial charge in [-0.1, -0.05) is 28.1 Å². The number of benzene rings is 1. The van der Waals surface area contributed by atoms with Crippen molar-refractivity contribution in [1.82, 2.24) is 0 Å². The summed E-state index contributed by atoms with van der Waals surface area (Å²) in [4.78, 5) is 4.08. The van der Waals surface area contributed by atoms with Crippen LogP contribution < -0.4 is 0 Å². The minimum Gasteiger partial charge on any atom is -0.261 e. The van der Waals surface area contributed by atoms with Gasteiger partial charge in [0.1, 0.15) is 0 Å². The van der Waals surface area contributed by atoms with Crippen molar-refractivity contribution in [3.8, 4) is 0 Å². The van der Waals surface area contributed by atoms with Crippen LogP contribution in [0.5, 0.6) is 0 Å². The molecule has 0 saturated heterocycles. The van der Waals surface area contributed by atoms with E-state index in [0.717, 1.165) is 11.6 Å². The van der Waals surface area contributed by atoms with Crippen LogP contribution in [0.15, 0.2) is 33.7 Å². The molecule has 0 radical (unpaired) electrons. The molecule has 0 aliphatic heterocycles. The summed E-state index contributed by atoms with van der Waals surface area (Å²) in [7, 11) is 0. The summed E-state index contributed by atoms with van der Waals surface area (Å²) in [5.41, 5.74) is 1.16. The molecular formula is C13H13BrF3N. The molecule has 5 heteroatoms. The number of hydrogen-bond acceptors (Lipinski definition) is 1. The van der Waals surface area contributed by atoms with E-state index in [-0.39, 0.29) is 4.47 Å². The second-order valence-corrected chi connectivity index (χ2v) is 4.83. The van der Waals surface area contributed by atoms with Gasteiger partial charge in [-0.15, -0.1) is 0 Å². The third-order valence-corrected chi connectivity index (χ3v) is 2.89. The van der Waals surface area contributed by atoms with E-state index in [4.69, 9.17) is 0 Å². The van der Waals surface area contributed by atoms with Crippen LogP contribution in [0.3, 0.4) is 0 Å². The summed E-state index contributed by atoms with van der Waals surface area (Å²) in [5, 5.41) is 0. The average Bonchev–Trinajstić information content (AvgIpc) is 2.19. The van der Waals surface area contributed by atoms with Crippen molar-refractivity contribution < 1.29 is 13.2 Å². The van der Waals surface area contributed by atoms with Crippen LogP contribution in [0.25, 0.3) is 0 Å². The molecule has 0 spiro atoms. The van der Waals surface area contributed by atoms with Gasteiger partial charge in [0, 0.05) is 10.7 Å². The quantitative estimate of drug-likeness (QED) is 0.529. The van der Waals surface area contributed by atoms with E-state index >= 15 is 0 Å². The van der Waals surface area contributed by atoms with Crippen LogP contribution in [-0.2, 0) is 12.6 Å². The molecule has 0 N–H and O–H groups in total. The third-order valence-electron chi connectivity index (χ3n) is 2.23. The summed E-state index contributed by atoms with van der Waals surface area (Å²) >= 11 is 2.94. The number of allylic oxidation sites excluding steroid dienone is 1. The number of alkyl halides is 3. The van der Waals surface area contributed by atoms with E-state index < -0.39 is 11.7 Å². The summed E-state index contributed by atoms with van der Waals surface area (Å²) < 4.78 is 38.4. The molecule has 0 fully saturated rings. The fourth-order valence-corrected chi connectivity index (χ4v) is 2.11. The highest BCUT2D eigenvalue weighted by Gasteiger charge is 2.33. The number of nitrogens with zero attached hydrogens (tertiary/aromatic N) is 1. The lowest BCUT2D eigenvalue weighted by molar-refractivity contribution is -0.138. The zero-order chi connectivity index (χ0) is 13.9. The molecule has 0 aromatic heterocycles. The predicted octanol–water partition coefficient (Wildman–Crippen LogP) is 5.31. The SMILES string of the molecule is C=C(C)Cc1cc(C(F)(F)F)c(Br)cc1N=CC. The Kier molecular flexibility index (Phi) is 4.73. The monoisotopic (exact) mass is 319 g/mol. The molecule has 0 saturated carbocycles. The first-order valence-corrected chi connectivity index (χ1v) is 6.07. The van der Waals surface area contributed by atoms with Gasteiger partial charge in [0.05, 0.1) is 11.3 Å². The first-order chi connectivity index (χ1) is 8.25. The van der Waals surface area contributed by atoms with E-state index in [1.807, 2.05) is 0 Å². The average molecular weight is 320 g/mol. The number of halogens is 4. The fourth-order valence-electron chi connectivity index (χ4n) is 1.55. The zero-order valence-corrected chi connectivity index (χ0v) is 11.7. The number of aliphatic imine (C=N–C) groups is 1. The molecule has 98 valence electrons. The first-order valence-electron chi connectivity index (χ1n) is 5.28. The lowest BCUT2D eigenvalue weighted by Gasteiger charge is -2.13. The summed E-state index contributed by atoms with van der Waals surface area (Å²) in [5.74, 6) is 0. The summed E-state index contributed by atoms with van der Waals surface area (Å²) in [6.07, 6.45) is -2.45. The van der Waals surface area contributed by atoms with E-state index in [1.54, 1.807) is 20.1 Å². The van der Waals surface area contributed by atoms with E-state index in [0.29, 0.717) is 17.7 Å². The summed E-state index contributed by atoms with van der Waals surface area (Å²) in [6, 6.07) is 2.52. The van der Waals surface area contributed by atoms with Gasteiger partial charge in [0.25, 0.3) is 0 Å². The number of hydrogen-bond donors (Lipinski definition) is 0. The first kappa shape index (κ1) is 15.0. The molecule has 0 bridgehead atoms. The largest absolute Gasteiger partial charge is 0.417 e. The Balaban J connectivity index is 3.40. The topological polar surface area (TPSA) is 12.4 Å². The van der Waals surface area contributed by atoms with Crippen molar-refractivity contribution >= 4 is 27.8 Å². The maximum absolute atomic E-state index is 12.8. The maximum atomic E-state index is 12.8. The molecular weight excluding hydrogens is 307 g/mol. The zero-order valence-electron chi connectivity index (χ0n) is 10.1. The van der Waals surface area contributed by atoms with Crippen molar-refractivity contribution in [2.75, 3.05) is 0 Å². The van der Waals surface area contributed by atoms with Crippen molar-refractivity contribution in [3.63, 3.8) is 0 Å². The van der Waals surface area contributed by atoms with Gasteiger partial charge in [-0.25, -0.2) is 0 Å². The van der Waals surface area contributed by atoms with Crippen molar-refractivity contribution in [2.24, 2.45) is 4.99 Å². The van der Waals surface area contributed by atoms with Gasteiger partial charge in [-0.05, 0) is 38.0 Å². The minimum absolute atomic E-state index is 0.000986. The molecule has 18 heavy (non-hydrogen) atoms. The van der Waals surface area contributed by atoms with Gasteiger partial charge in [0.15, 0.2) is 0 Å². The molecule has 0 aliphatic rings. The molecule has 0 heterocycles. The Morgan fingerprint density at radius 1 is 1.44 bits per heavy atom. The number of rotatable bonds is 3. The van der Waals surface area contributed by atoms with Crippen LogP contribution in [0, 0.1) is 0 Å². The second-order valence-electron chi connectivity index (χ2n) is 3.98. The van der Waals surface area contributed by atoms with Gasteiger partial charge in [-0.2, -0.15) is 13.2 Å². The Labute approximate surface area is 113 Å². The molecule has 0 atom stereocenters. The van der Waals surface area contributed by atoms with Crippen LogP contribution in [0.1, 0.15) is 25.0 Å². The lowest BCUT2D eigenvalue weighted by atomic mass is 10.0. The minimum atomic E-state index is -4.38. The standard InChI is InChI=1S/C13H13BrF3N/c1-4-18-12-7-11(14)10(13(15,16)17)6-9(12)5-8(2)3/h4,6-7H,2,5H2,1,3H3. The second kappa shape index (κ2) is 5.69. The van der Waals surface area contributed by atoms with E-state index in [9.17, 15) is 13.2 Å². The summed E-state index contributed by atoms with van der Waals surface area (Å²) in [6.45, 7) is 7.21. The van der Waals surface area contributed by atoms with Crippen molar-refractivity contribution in [2.45, 2.75) is 26.4 Å². The Hall–Kier alpha value is -1.10. The smallest absolute Gasteiger partial charge is 0.261 e. The maximum Gasteiger partial charge on any atom is 0.417 e. The van der Waals surface area contributed by atoms with Crippen LogP contribution in [0.2, 0.25) is 0 Å². The molecule has 0 amide bonds. The normalized spacial score (nSPS) is 12.1. The predicted molar refractivity (Wildman–Crippen MR) is 71.5 cm³/mol. The van der Waals surface area contributed by atoms with Gasteiger partial charge < -0.3 is 0 Å². The van der Waals surface area contributed by atoms with Crippen LogP contribution >= 0.6 is 15.9 Å². The molecule has 0 aliphatic carbocycles. The highest BCUT2D eigenvalue weighted by Crippen LogP contribution is 2.39. The van der Waals surface area contributed by atoms with Gasteiger partial charge >= 0.3 is 6.18 Å². The Morgan fingerprint density at radius 3 is 2.50 bits per heavy atom. The fraction of sp³-hybridized carbons (Fsp3) is 0.308. The van der Waals surface area contributed by atoms with E-state index in [1.165, 1.54) is 6.07 Å². The Morgan fingerprint density at radius 2 is 2.06 bits per heavy atom. The lowest BCUT2D eigenvalue weighted by Crippen LogP contribution is -2.07. The van der Waals surface area contributed by atoms with Crippen molar-refractivity contribution in [3.05, 3.63) is 39.9 Å². The molecule has 1 aromatic rings.